The van der Waals surface area contributed by atoms with Gasteiger partial charge in [-0.2, -0.15) is 4.31 Å². The fourth-order valence-electron chi connectivity index (χ4n) is 1.97. The highest BCUT2D eigenvalue weighted by atomic mass is 35.5. The Kier molecular flexibility index (Phi) is 3.69. The second-order valence-corrected chi connectivity index (χ2v) is 7.29. The average Bonchev–Trinajstić information content (AvgIpc) is 2.62. The summed E-state index contributed by atoms with van der Waals surface area (Å²) in [5, 5.41) is 0.471. The molecule has 1 aliphatic heterocycles. The molecule has 100 valence electrons. The van der Waals surface area contributed by atoms with Gasteiger partial charge in [-0.3, -0.25) is 0 Å². The van der Waals surface area contributed by atoms with Crippen molar-refractivity contribution >= 4 is 21.6 Å². The normalized spacial score (nSPS) is 20.2. The van der Waals surface area contributed by atoms with Crippen LogP contribution < -0.4 is 0 Å². The summed E-state index contributed by atoms with van der Waals surface area (Å²) in [5.74, 6) is -0.0978. The minimum absolute atomic E-state index is 0.0978. The molecular weight excluding hydrogens is 274 g/mol. The van der Waals surface area contributed by atoms with Crippen molar-refractivity contribution < 1.29 is 13.2 Å². The van der Waals surface area contributed by atoms with E-state index in [9.17, 15) is 8.42 Å². The van der Waals surface area contributed by atoms with Crippen molar-refractivity contribution in [3.05, 3.63) is 34.9 Å². The van der Waals surface area contributed by atoms with Crippen molar-refractivity contribution in [2.45, 2.75) is 25.1 Å². The van der Waals surface area contributed by atoms with E-state index in [1.54, 1.807) is 24.3 Å². The molecule has 1 aromatic rings. The molecule has 0 bridgehead atoms. The highest BCUT2D eigenvalue weighted by Crippen LogP contribution is 2.28. The summed E-state index contributed by atoms with van der Waals surface area (Å²) in [7, 11) is -3.42. The summed E-state index contributed by atoms with van der Waals surface area (Å²) < 4.78 is 31.3. The van der Waals surface area contributed by atoms with Crippen molar-refractivity contribution in [2.75, 3.05) is 13.3 Å². The summed E-state index contributed by atoms with van der Waals surface area (Å²) in [6.07, 6.45) is 0. The highest BCUT2D eigenvalue weighted by Gasteiger charge is 2.41. The van der Waals surface area contributed by atoms with Crippen LogP contribution in [0.3, 0.4) is 0 Å². The SMILES string of the molecule is CC1(C)COCN1S(=O)(=O)Cc1ccccc1Cl. The Labute approximate surface area is 113 Å². The number of rotatable bonds is 3. The lowest BCUT2D eigenvalue weighted by Gasteiger charge is -2.28. The van der Waals surface area contributed by atoms with Crippen LogP contribution in [0.1, 0.15) is 19.4 Å². The van der Waals surface area contributed by atoms with Crippen molar-refractivity contribution in [1.82, 2.24) is 4.31 Å². The molecule has 0 aromatic heterocycles. The van der Waals surface area contributed by atoms with Gasteiger partial charge in [0.05, 0.1) is 17.9 Å². The zero-order valence-corrected chi connectivity index (χ0v) is 12.0. The molecule has 0 radical (unpaired) electrons. The molecule has 0 atom stereocenters. The van der Waals surface area contributed by atoms with E-state index in [-0.39, 0.29) is 12.5 Å². The average molecular weight is 290 g/mol. The molecule has 18 heavy (non-hydrogen) atoms. The van der Waals surface area contributed by atoms with Crippen LogP contribution in [0, 0.1) is 0 Å². The van der Waals surface area contributed by atoms with Crippen molar-refractivity contribution in [3.8, 4) is 0 Å². The molecule has 1 aromatic carbocycles. The molecule has 4 nitrogen and oxygen atoms in total. The quantitative estimate of drug-likeness (QED) is 0.857. The lowest BCUT2D eigenvalue weighted by atomic mass is 10.1. The van der Waals surface area contributed by atoms with Crippen LogP contribution in [0.5, 0.6) is 0 Å². The Bertz CT molecular complexity index is 542. The smallest absolute Gasteiger partial charge is 0.220 e. The molecular formula is C12H16ClNO3S. The zero-order valence-electron chi connectivity index (χ0n) is 10.4. The zero-order chi connectivity index (χ0) is 13.4. The second-order valence-electron chi connectivity index (χ2n) is 4.99. The van der Waals surface area contributed by atoms with Gasteiger partial charge in [0.2, 0.25) is 10.0 Å². The van der Waals surface area contributed by atoms with E-state index in [2.05, 4.69) is 0 Å². The summed E-state index contributed by atoms with van der Waals surface area (Å²) in [4.78, 5) is 0. The molecule has 0 amide bonds. The number of ether oxygens (including phenoxy) is 1. The molecule has 0 aliphatic carbocycles. The third-order valence-corrected chi connectivity index (χ3v) is 5.29. The van der Waals surface area contributed by atoms with Gasteiger partial charge in [-0.25, -0.2) is 8.42 Å². The van der Waals surface area contributed by atoms with E-state index < -0.39 is 15.6 Å². The van der Waals surface area contributed by atoms with E-state index in [0.717, 1.165) is 0 Å². The molecule has 0 unspecified atom stereocenters. The lowest BCUT2D eigenvalue weighted by Crippen LogP contribution is -2.44. The van der Waals surface area contributed by atoms with Crippen molar-refractivity contribution in [2.24, 2.45) is 0 Å². The molecule has 6 heteroatoms. The first kappa shape index (κ1) is 13.8. The number of nitrogens with zero attached hydrogens (tertiary/aromatic N) is 1. The third kappa shape index (κ3) is 2.69. The van der Waals surface area contributed by atoms with Gasteiger partial charge in [0, 0.05) is 5.02 Å². The lowest BCUT2D eigenvalue weighted by molar-refractivity contribution is 0.171. The maximum absolute atomic E-state index is 12.4. The number of hydrogen-bond acceptors (Lipinski definition) is 3. The molecule has 0 N–H and O–H groups in total. The van der Waals surface area contributed by atoms with Crippen LogP contribution in [0.15, 0.2) is 24.3 Å². The number of sulfonamides is 1. The molecule has 2 rings (SSSR count). The molecule has 0 spiro atoms. The van der Waals surface area contributed by atoms with Gasteiger partial charge < -0.3 is 4.74 Å². The van der Waals surface area contributed by atoms with Crippen LogP contribution in [-0.4, -0.2) is 31.6 Å². The third-order valence-electron chi connectivity index (χ3n) is 2.97. The van der Waals surface area contributed by atoms with Crippen LogP contribution in [0.4, 0.5) is 0 Å². The van der Waals surface area contributed by atoms with Gasteiger partial charge in [-0.1, -0.05) is 29.8 Å². The van der Waals surface area contributed by atoms with Gasteiger partial charge in [0.1, 0.15) is 6.73 Å². The molecule has 1 fully saturated rings. The fraction of sp³-hybridized carbons (Fsp3) is 0.500. The van der Waals surface area contributed by atoms with E-state index in [1.165, 1.54) is 4.31 Å². The summed E-state index contributed by atoms with van der Waals surface area (Å²) in [6.45, 7) is 4.23. The van der Waals surface area contributed by atoms with Crippen LogP contribution >= 0.6 is 11.6 Å². The molecule has 1 heterocycles. The maximum atomic E-state index is 12.4. The molecule has 1 aliphatic rings. The Morgan fingerprint density at radius 2 is 2.06 bits per heavy atom. The first-order valence-corrected chi connectivity index (χ1v) is 7.63. The van der Waals surface area contributed by atoms with E-state index in [4.69, 9.17) is 16.3 Å². The second kappa shape index (κ2) is 4.81. The summed E-state index contributed by atoms with van der Waals surface area (Å²) >= 11 is 5.99. The van der Waals surface area contributed by atoms with Gasteiger partial charge in [-0.05, 0) is 25.5 Å². The summed E-state index contributed by atoms with van der Waals surface area (Å²) in [5.41, 5.74) is 0.113. The predicted molar refractivity (Wildman–Crippen MR) is 70.8 cm³/mol. The van der Waals surface area contributed by atoms with Crippen LogP contribution in [-0.2, 0) is 20.5 Å². The van der Waals surface area contributed by atoms with E-state index in [1.807, 2.05) is 13.8 Å². The predicted octanol–water partition coefficient (Wildman–Crippen LogP) is 2.24. The summed E-state index contributed by atoms with van der Waals surface area (Å²) in [6, 6.07) is 6.98. The monoisotopic (exact) mass is 289 g/mol. The van der Waals surface area contributed by atoms with Gasteiger partial charge in [0.25, 0.3) is 0 Å². The minimum Gasteiger partial charge on any atom is -0.363 e. The highest BCUT2D eigenvalue weighted by molar-refractivity contribution is 7.88. The maximum Gasteiger partial charge on any atom is 0.220 e. The van der Waals surface area contributed by atoms with Gasteiger partial charge >= 0.3 is 0 Å². The number of halogens is 1. The number of benzene rings is 1. The van der Waals surface area contributed by atoms with Crippen molar-refractivity contribution in [3.63, 3.8) is 0 Å². The van der Waals surface area contributed by atoms with E-state index >= 15 is 0 Å². The van der Waals surface area contributed by atoms with Crippen molar-refractivity contribution in [1.29, 1.82) is 0 Å². The molecule has 1 saturated heterocycles. The molecule has 0 saturated carbocycles. The first-order valence-electron chi connectivity index (χ1n) is 5.65. The standard InChI is InChI=1S/C12H16ClNO3S/c1-12(2)8-17-9-14(12)18(15,16)7-10-5-3-4-6-11(10)13/h3-6H,7-9H2,1-2H3. The number of hydrogen-bond donors (Lipinski definition) is 0. The Morgan fingerprint density at radius 3 is 2.61 bits per heavy atom. The topological polar surface area (TPSA) is 46.6 Å². The Hall–Kier alpha value is -0.620. The Morgan fingerprint density at radius 1 is 1.39 bits per heavy atom. The van der Waals surface area contributed by atoms with Gasteiger partial charge in [-0.15, -0.1) is 0 Å². The van der Waals surface area contributed by atoms with Crippen LogP contribution in [0.2, 0.25) is 5.02 Å². The minimum atomic E-state index is -3.42. The first-order chi connectivity index (χ1) is 8.33. The van der Waals surface area contributed by atoms with Gasteiger partial charge in [0.15, 0.2) is 0 Å². The van der Waals surface area contributed by atoms with E-state index in [0.29, 0.717) is 17.2 Å². The Balaban J connectivity index is 2.26. The largest absolute Gasteiger partial charge is 0.363 e. The van der Waals surface area contributed by atoms with Crippen LogP contribution in [0.25, 0.3) is 0 Å². The fourth-order valence-corrected chi connectivity index (χ4v) is 4.10.